The number of benzene rings is 1. The van der Waals surface area contributed by atoms with Gasteiger partial charge in [-0.15, -0.1) is 0 Å². The van der Waals surface area contributed by atoms with E-state index in [1.54, 1.807) is 24.2 Å². The summed E-state index contributed by atoms with van der Waals surface area (Å²) in [6.07, 6.45) is 5.35. The van der Waals surface area contributed by atoms with E-state index in [2.05, 4.69) is 20.4 Å². The number of halogens is 1. The van der Waals surface area contributed by atoms with Gasteiger partial charge in [0.25, 0.3) is 0 Å². The topological polar surface area (TPSA) is 64.9 Å². The molecule has 3 rings (SSSR count). The van der Waals surface area contributed by atoms with Gasteiger partial charge in [0.1, 0.15) is 5.75 Å². The maximum Gasteiger partial charge on any atom is 0.227 e. The average molecular weight is 330 g/mol. The van der Waals surface area contributed by atoms with E-state index in [1.165, 1.54) is 0 Å². The van der Waals surface area contributed by atoms with Crippen LogP contribution in [0.4, 0.5) is 11.6 Å². The summed E-state index contributed by atoms with van der Waals surface area (Å²) in [5.41, 5.74) is 3.51. The molecule has 1 aromatic carbocycles. The monoisotopic (exact) mass is 329 g/mol. The lowest BCUT2D eigenvalue weighted by Gasteiger charge is -2.10. The Hall–Kier alpha value is -2.60. The molecule has 0 atom stereocenters. The molecule has 0 saturated heterocycles. The first-order valence-corrected chi connectivity index (χ1v) is 7.38. The summed E-state index contributed by atoms with van der Waals surface area (Å²) in [6.45, 7) is 1.96. The molecule has 3 aromatic rings. The van der Waals surface area contributed by atoms with Crippen molar-refractivity contribution < 1.29 is 4.74 Å². The van der Waals surface area contributed by atoms with Crippen LogP contribution in [-0.2, 0) is 7.05 Å². The van der Waals surface area contributed by atoms with Gasteiger partial charge in [-0.25, -0.2) is 9.97 Å². The molecule has 0 aliphatic rings. The van der Waals surface area contributed by atoms with Crippen molar-refractivity contribution in [1.29, 1.82) is 0 Å². The zero-order chi connectivity index (χ0) is 16.4. The average Bonchev–Trinajstić information content (AvgIpc) is 2.94. The molecule has 0 saturated carbocycles. The van der Waals surface area contributed by atoms with Crippen molar-refractivity contribution in [3.63, 3.8) is 0 Å². The van der Waals surface area contributed by atoms with E-state index >= 15 is 0 Å². The molecule has 7 heteroatoms. The van der Waals surface area contributed by atoms with Gasteiger partial charge in [-0.1, -0.05) is 11.6 Å². The van der Waals surface area contributed by atoms with Gasteiger partial charge in [0.2, 0.25) is 5.95 Å². The first-order valence-electron chi connectivity index (χ1n) is 7.00. The van der Waals surface area contributed by atoms with E-state index in [4.69, 9.17) is 16.3 Å². The predicted molar refractivity (Wildman–Crippen MR) is 90.3 cm³/mol. The molecule has 118 valence electrons. The number of nitrogens with one attached hydrogen (secondary N) is 1. The van der Waals surface area contributed by atoms with Gasteiger partial charge in [-0.2, -0.15) is 5.10 Å². The number of ether oxygens (including phenoxy) is 1. The minimum absolute atomic E-state index is 0.505. The van der Waals surface area contributed by atoms with E-state index in [0.29, 0.717) is 16.7 Å². The number of methoxy groups -OCH3 is 1. The zero-order valence-corrected chi connectivity index (χ0v) is 13.8. The molecule has 0 spiro atoms. The molecule has 2 heterocycles. The highest BCUT2D eigenvalue weighted by Gasteiger charge is 2.10. The van der Waals surface area contributed by atoms with Gasteiger partial charge >= 0.3 is 0 Å². The predicted octanol–water partition coefficient (Wildman–Crippen LogP) is 3.59. The molecule has 0 aliphatic heterocycles. The molecule has 1 N–H and O–H groups in total. The van der Waals surface area contributed by atoms with Crippen LogP contribution in [0.1, 0.15) is 5.56 Å². The third-order valence-electron chi connectivity index (χ3n) is 3.36. The quantitative estimate of drug-likeness (QED) is 0.792. The Morgan fingerprint density at radius 3 is 2.74 bits per heavy atom. The Kier molecular flexibility index (Phi) is 4.16. The lowest BCUT2D eigenvalue weighted by Crippen LogP contribution is -1.99. The summed E-state index contributed by atoms with van der Waals surface area (Å²) in [6, 6.07) is 5.59. The lowest BCUT2D eigenvalue weighted by molar-refractivity contribution is 0.415. The largest absolute Gasteiger partial charge is 0.495 e. The van der Waals surface area contributed by atoms with Gasteiger partial charge in [0.15, 0.2) is 0 Å². The number of hydrogen-bond acceptors (Lipinski definition) is 5. The summed E-state index contributed by atoms with van der Waals surface area (Å²) in [7, 11) is 3.44. The fourth-order valence-corrected chi connectivity index (χ4v) is 2.48. The Labute approximate surface area is 139 Å². The maximum atomic E-state index is 6.21. The fraction of sp³-hybridized carbons (Fsp3) is 0.188. The van der Waals surface area contributed by atoms with Crippen molar-refractivity contribution in [2.24, 2.45) is 7.05 Å². The third-order valence-corrected chi connectivity index (χ3v) is 3.65. The van der Waals surface area contributed by atoms with Crippen molar-refractivity contribution in [1.82, 2.24) is 19.7 Å². The lowest BCUT2D eigenvalue weighted by atomic mass is 10.1. The molecular weight excluding hydrogens is 314 g/mol. The molecule has 0 aliphatic carbocycles. The Morgan fingerprint density at radius 2 is 2.09 bits per heavy atom. The number of aryl methyl sites for hydroxylation is 2. The minimum atomic E-state index is 0.505. The molecule has 6 nitrogen and oxygen atoms in total. The van der Waals surface area contributed by atoms with Gasteiger partial charge in [-0.3, -0.25) is 4.68 Å². The molecule has 0 bridgehead atoms. The third kappa shape index (κ3) is 3.27. The normalized spacial score (nSPS) is 10.6. The Balaban J connectivity index is 1.95. The molecule has 2 aromatic heterocycles. The van der Waals surface area contributed by atoms with E-state index in [9.17, 15) is 0 Å². The molecule has 0 amide bonds. The van der Waals surface area contributed by atoms with Crippen LogP contribution in [0.2, 0.25) is 5.02 Å². The van der Waals surface area contributed by atoms with Crippen molar-refractivity contribution in [3.8, 4) is 17.0 Å². The Bertz CT molecular complexity index is 846. The first-order chi connectivity index (χ1) is 11.1. The molecule has 23 heavy (non-hydrogen) atoms. The van der Waals surface area contributed by atoms with Crippen LogP contribution in [0.15, 0.2) is 36.8 Å². The van der Waals surface area contributed by atoms with Crippen LogP contribution in [0.3, 0.4) is 0 Å². The standard InChI is InChI=1S/C16H16ClN5O/c1-10-7-18-16(20-12-8-19-22(2)9-12)21-15(10)11-4-5-14(23-3)13(17)6-11/h4-9H,1-3H3,(H,18,20,21). The number of aromatic nitrogens is 4. The number of anilines is 2. The molecule has 0 unspecified atom stereocenters. The van der Waals surface area contributed by atoms with Gasteiger partial charge in [-0.05, 0) is 30.7 Å². The van der Waals surface area contributed by atoms with E-state index < -0.39 is 0 Å². The Morgan fingerprint density at radius 1 is 1.26 bits per heavy atom. The summed E-state index contributed by atoms with van der Waals surface area (Å²) >= 11 is 6.21. The van der Waals surface area contributed by atoms with Crippen molar-refractivity contribution in [2.75, 3.05) is 12.4 Å². The van der Waals surface area contributed by atoms with E-state index in [-0.39, 0.29) is 0 Å². The van der Waals surface area contributed by atoms with Crippen LogP contribution < -0.4 is 10.1 Å². The van der Waals surface area contributed by atoms with Crippen molar-refractivity contribution >= 4 is 23.2 Å². The maximum absolute atomic E-state index is 6.21. The highest BCUT2D eigenvalue weighted by Crippen LogP contribution is 2.31. The highest BCUT2D eigenvalue weighted by molar-refractivity contribution is 6.32. The zero-order valence-electron chi connectivity index (χ0n) is 13.0. The highest BCUT2D eigenvalue weighted by atomic mass is 35.5. The second-order valence-corrected chi connectivity index (χ2v) is 5.51. The summed E-state index contributed by atoms with van der Waals surface area (Å²) in [4.78, 5) is 8.89. The summed E-state index contributed by atoms with van der Waals surface area (Å²) in [5, 5.41) is 7.79. The first kappa shape index (κ1) is 15.3. The van der Waals surface area contributed by atoms with Crippen LogP contribution in [0.5, 0.6) is 5.75 Å². The van der Waals surface area contributed by atoms with Gasteiger partial charge < -0.3 is 10.1 Å². The molecule has 0 radical (unpaired) electrons. The number of hydrogen-bond donors (Lipinski definition) is 1. The summed E-state index contributed by atoms with van der Waals surface area (Å²) < 4.78 is 6.89. The van der Waals surface area contributed by atoms with Crippen molar-refractivity contribution in [3.05, 3.63) is 47.4 Å². The second kappa shape index (κ2) is 6.26. The SMILES string of the molecule is COc1ccc(-c2nc(Nc3cnn(C)c3)ncc2C)cc1Cl. The minimum Gasteiger partial charge on any atom is -0.495 e. The second-order valence-electron chi connectivity index (χ2n) is 5.10. The van der Waals surface area contributed by atoms with Crippen LogP contribution in [0.25, 0.3) is 11.3 Å². The van der Waals surface area contributed by atoms with Gasteiger partial charge in [0.05, 0.1) is 29.7 Å². The van der Waals surface area contributed by atoms with Crippen LogP contribution >= 0.6 is 11.6 Å². The van der Waals surface area contributed by atoms with E-state index in [0.717, 1.165) is 22.5 Å². The van der Waals surface area contributed by atoms with Crippen molar-refractivity contribution in [2.45, 2.75) is 6.92 Å². The summed E-state index contributed by atoms with van der Waals surface area (Å²) in [5.74, 6) is 1.14. The molecular formula is C16H16ClN5O. The van der Waals surface area contributed by atoms with Crippen LogP contribution in [0, 0.1) is 6.92 Å². The van der Waals surface area contributed by atoms with Crippen LogP contribution in [-0.4, -0.2) is 26.9 Å². The van der Waals surface area contributed by atoms with Gasteiger partial charge in [0, 0.05) is 25.0 Å². The fourth-order valence-electron chi connectivity index (χ4n) is 2.22. The smallest absolute Gasteiger partial charge is 0.227 e. The number of nitrogens with zero attached hydrogens (tertiary/aromatic N) is 4. The molecule has 0 fully saturated rings. The number of rotatable bonds is 4. The van der Waals surface area contributed by atoms with E-state index in [1.807, 2.05) is 38.4 Å².